The zero-order valence-electron chi connectivity index (χ0n) is 13.0. The van der Waals surface area contributed by atoms with Crippen LogP contribution in [0.2, 0.25) is 0 Å². The minimum Gasteiger partial charge on any atom is -0.313 e. The Bertz CT molecular complexity index is 387. The zero-order valence-corrected chi connectivity index (χ0v) is 14.5. The second-order valence-electron chi connectivity index (χ2n) is 5.31. The summed E-state index contributed by atoms with van der Waals surface area (Å²) in [7, 11) is 0. The van der Waals surface area contributed by atoms with E-state index < -0.39 is 0 Å². The molecule has 19 heavy (non-hydrogen) atoms. The third kappa shape index (κ3) is 4.32. The zero-order chi connectivity index (χ0) is 14.4. The highest BCUT2D eigenvalue weighted by atomic mass is 79.9. The monoisotopic (exact) mass is 329 g/mol. The van der Waals surface area contributed by atoms with Crippen LogP contribution in [0, 0.1) is 12.8 Å². The number of hydrogen-bond acceptors (Lipinski definition) is 2. The highest BCUT2D eigenvalue weighted by Gasteiger charge is 2.20. The lowest BCUT2D eigenvalue weighted by Gasteiger charge is -2.25. The van der Waals surface area contributed by atoms with E-state index in [4.69, 9.17) is 0 Å². The van der Waals surface area contributed by atoms with Crippen LogP contribution in [0.1, 0.15) is 51.9 Å². The molecule has 1 N–H and O–H groups in total. The number of hydrogen-bond donors (Lipinski definition) is 1. The molecule has 0 aliphatic carbocycles. The van der Waals surface area contributed by atoms with Gasteiger partial charge in [0.2, 0.25) is 0 Å². The molecule has 0 spiro atoms. The van der Waals surface area contributed by atoms with Crippen molar-refractivity contribution in [1.82, 2.24) is 15.1 Å². The van der Waals surface area contributed by atoms with Gasteiger partial charge < -0.3 is 5.32 Å². The Labute approximate surface area is 126 Å². The Hall–Kier alpha value is -0.350. The third-order valence-electron chi connectivity index (χ3n) is 3.85. The smallest absolute Gasteiger partial charge is 0.0738 e. The molecule has 2 unspecified atom stereocenters. The normalized spacial score (nSPS) is 14.6. The average molecular weight is 330 g/mol. The molecular weight excluding hydrogens is 302 g/mol. The summed E-state index contributed by atoms with van der Waals surface area (Å²) < 4.78 is 3.31. The van der Waals surface area contributed by atoms with Crippen molar-refractivity contribution < 1.29 is 0 Å². The lowest BCUT2D eigenvalue weighted by molar-refractivity contribution is 0.357. The molecule has 1 aromatic rings. The van der Waals surface area contributed by atoms with Crippen LogP contribution in [0.3, 0.4) is 0 Å². The van der Waals surface area contributed by atoms with Gasteiger partial charge in [-0.05, 0) is 48.7 Å². The maximum atomic E-state index is 4.59. The van der Waals surface area contributed by atoms with Crippen LogP contribution in [-0.2, 0) is 13.0 Å². The van der Waals surface area contributed by atoms with E-state index in [0.29, 0.717) is 12.0 Å². The van der Waals surface area contributed by atoms with Crippen molar-refractivity contribution >= 4 is 15.9 Å². The number of nitrogens with one attached hydrogen (secondary N) is 1. The Morgan fingerprint density at radius 3 is 2.53 bits per heavy atom. The quantitative estimate of drug-likeness (QED) is 0.783. The van der Waals surface area contributed by atoms with Crippen LogP contribution in [0.4, 0.5) is 0 Å². The standard InChI is InChI=1S/C15H28BrN3/c1-6-9-17-13(11(4)7-2)10-14-15(16)12(5)18-19(14)8-3/h11,13,17H,6-10H2,1-5H3. The Morgan fingerprint density at radius 2 is 2.00 bits per heavy atom. The van der Waals surface area contributed by atoms with Crippen LogP contribution < -0.4 is 5.32 Å². The van der Waals surface area contributed by atoms with E-state index in [9.17, 15) is 0 Å². The van der Waals surface area contributed by atoms with Gasteiger partial charge in [-0.3, -0.25) is 4.68 Å². The fraction of sp³-hybridized carbons (Fsp3) is 0.800. The maximum Gasteiger partial charge on any atom is 0.0738 e. The van der Waals surface area contributed by atoms with Gasteiger partial charge in [0.15, 0.2) is 0 Å². The summed E-state index contributed by atoms with van der Waals surface area (Å²) in [5, 5.41) is 8.28. The summed E-state index contributed by atoms with van der Waals surface area (Å²) in [4.78, 5) is 0. The summed E-state index contributed by atoms with van der Waals surface area (Å²) in [5.41, 5.74) is 2.42. The van der Waals surface area contributed by atoms with E-state index in [1.807, 2.05) is 0 Å². The molecular formula is C15H28BrN3. The maximum absolute atomic E-state index is 4.59. The van der Waals surface area contributed by atoms with Crippen LogP contribution in [0.15, 0.2) is 4.47 Å². The molecule has 1 heterocycles. The van der Waals surface area contributed by atoms with E-state index in [1.54, 1.807) is 0 Å². The number of aryl methyl sites for hydroxylation is 2. The topological polar surface area (TPSA) is 29.9 Å². The fourth-order valence-electron chi connectivity index (χ4n) is 2.36. The molecule has 1 rings (SSSR count). The molecule has 0 saturated carbocycles. The van der Waals surface area contributed by atoms with Gasteiger partial charge in [-0.15, -0.1) is 0 Å². The summed E-state index contributed by atoms with van der Waals surface area (Å²) in [6.07, 6.45) is 3.43. The minimum absolute atomic E-state index is 0.530. The lowest BCUT2D eigenvalue weighted by atomic mass is 9.94. The van der Waals surface area contributed by atoms with Crippen molar-refractivity contribution in [2.75, 3.05) is 6.54 Å². The van der Waals surface area contributed by atoms with Gasteiger partial charge in [0.05, 0.1) is 15.9 Å². The average Bonchev–Trinajstić information content (AvgIpc) is 2.69. The van der Waals surface area contributed by atoms with Gasteiger partial charge in [-0.1, -0.05) is 27.2 Å². The van der Waals surface area contributed by atoms with E-state index in [-0.39, 0.29) is 0 Å². The van der Waals surface area contributed by atoms with E-state index >= 15 is 0 Å². The largest absolute Gasteiger partial charge is 0.313 e. The predicted octanol–water partition coefficient (Wildman–Crippen LogP) is 3.93. The third-order valence-corrected chi connectivity index (χ3v) is 4.88. The second-order valence-corrected chi connectivity index (χ2v) is 6.11. The van der Waals surface area contributed by atoms with Crippen molar-refractivity contribution in [2.24, 2.45) is 5.92 Å². The molecule has 110 valence electrons. The van der Waals surface area contributed by atoms with Crippen molar-refractivity contribution in [1.29, 1.82) is 0 Å². The molecule has 0 aliphatic rings. The first-order chi connectivity index (χ1) is 9.04. The van der Waals surface area contributed by atoms with Crippen molar-refractivity contribution in [3.05, 3.63) is 15.9 Å². The molecule has 0 bridgehead atoms. The second kappa shape index (κ2) is 8.05. The molecule has 0 fully saturated rings. The first-order valence-corrected chi connectivity index (χ1v) is 8.29. The van der Waals surface area contributed by atoms with E-state index in [1.165, 1.54) is 23.0 Å². The van der Waals surface area contributed by atoms with Gasteiger partial charge in [-0.25, -0.2) is 0 Å². The first-order valence-electron chi connectivity index (χ1n) is 7.50. The molecule has 0 saturated heterocycles. The summed E-state index contributed by atoms with van der Waals surface area (Å²) in [6, 6.07) is 0.530. The van der Waals surface area contributed by atoms with Crippen molar-refractivity contribution in [3.8, 4) is 0 Å². The Balaban J connectivity index is 2.88. The lowest BCUT2D eigenvalue weighted by Crippen LogP contribution is -2.37. The molecule has 3 nitrogen and oxygen atoms in total. The number of nitrogens with zero attached hydrogens (tertiary/aromatic N) is 2. The van der Waals surface area contributed by atoms with Crippen molar-refractivity contribution in [3.63, 3.8) is 0 Å². The molecule has 0 radical (unpaired) electrons. The van der Waals surface area contributed by atoms with E-state index in [0.717, 1.165) is 25.2 Å². The summed E-state index contributed by atoms with van der Waals surface area (Å²) in [5.74, 6) is 0.680. The number of aromatic nitrogens is 2. The summed E-state index contributed by atoms with van der Waals surface area (Å²) in [6.45, 7) is 13.1. The van der Waals surface area contributed by atoms with Gasteiger partial charge in [-0.2, -0.15) is 5.10 Å². The van der Waals surface area contributed by atoms with Crippen LogP contribution >= 0.6 is 15.9 Å². The van der Waals surface area contributed by atoms with Gasteiger partial charge in [0, 0.05) is 19.0 Å². The first kappa shape index (κ1) is 16.7. The van der Waals surface area contributed by atoms with Crippen LogP contribution in [-0.4, -0.2) is 22.4 Å². The van der Waals surface area contributed by atoms with Gasteiger partial charge in [0.1, 0.15) is 0 Å². The van der Waals surface area contributed by atoms with Crippen LogP contribution in [0.5, 0.6) is 0 Å². The Kier molecular flexibility index (Phi) is 7.08. The molecule has 0 amide bonds. The molecule has 0 aromatic carbocycles. The number of rotatable bonds is 8. The summed E-state index contributed by atoms with van der Waals surface area (Å²) >= 11 is 3.70. The SMILES string of the molecule is CCCNC(Cc1c(Br)c(C)nn1CC)C(C)CC. The molecule has 2 atom stereocenters. The van der Waals surface area contributed by atoms with Crippen molar-refractivity contribution in [2.45, 2.75) is 66.5 Å². The van der Waals surface area contributed by atoms with Crippen LogP contribution in [0.25, 0.3) is 0 Å². The molecule has 1 aromatic heterocycles. The Morgan fingerprint density at radius 1 is 1.32 bits per heavy atom. The van der Waals surface area contributed by atoms with E-state index in [2.05, 4.69) is 65.6 Å². The molecule has 0 aliphatic heterocycles. The predicted molar refractivity (Wildman–Crippen MR) is 85.6 cm³/mol. The highest BCUT2D eigenvalue weighted by Crippen LogP contribution is 2.24. The highest BCUT2D eigenvalue weighted by molar-refractivity contribution is 9.10. The number of halogens is 1. The fourth-order valence-corrected chi connectivity index (χ4v) is 2.81. The minimum atomic E-state index is 0.530. The molecule has 4 heteroatoms. The van der Waals surface area contributed by atoms with Gasteiger partial charge in [0.25, 0.3) is 0 Å². The van der Waals surface area contributed by atoms with Gasteiger partial charge >= 0.3 is 0 Å².